The van der Waals surface area contributed by atoms with Gasteiger partial charge in [0.05, 0.1) is 5.56 Å². The fourth-order valence-corrected chi connectivity index (χ4v) is 2.41. The van der Waals surface area contributed by atoms with E-state index < -0.39 is 5.82 Å². The van der Waals surface area contributed by atoms with Gasteiger partial charge in [-0.1, -0.05) is 0 Å². The van der Waals surface area contributed by atoms with Crippen LogP contribution in [0.4, 0.5) is 4.39 Å². The molecular weight excluding hydrogens is 269 g/mol. The maximum absolute atomic E-state index is 13.7. The molecule has 0 N–H and O–H groups in total. The van der Waals surface area contributed by atoms with Crippen molar-refractivity contribution >= 4 is 18.5 Å². The highest BCUT2D eigenvalue weighted by Crippen LogP contribution is 2.21. The van der Waals surface area contributed by atoms with E-state index in [4.69, 9.17) is 9.47 Å². The lowest BCUT2D eigenvalue weighted by Crippen LogP contribution is -2.30. The molecule has 2 atom stereocenters. The highest BCUT2D eigenvalue weighted by Gasteiger charge is 2.36. The van der Waals surface area contributed by atoms with Crippen LogP contribution < -0.4 is 0 Å². The van der Waals surface area contributed by atoms with Crippen LogP contribution in [0.1, 0.15) is 10.4 Å². The molecule has 0 spiro atoms. The van der Waals surface area contributed by atoms with Gasteiger partial charge < -0.3 is 14.4 Å². The third-order valence-corrected chi connectivity index (χ3v) is 3.57. The Morgan fingerprint density at radius 1 is 1.32 bits per heavy atom. The van der Waals surface area contributed by atoms with Crippen LogP contribution in [0, 0.1) is 5.82 Å². The Morgan fingerprint density at radius 3 is 2.42 bits per heavy atom. The molecule has 2 unspecified atom stereocenters. The quantitative estimate of drug-likeness (QED) is 0.857. The van der Waals surface area contributed by atoms with Crippen LogP contribution in [-0.4, -0.2) is 50.3 Å². The summed E-state index contributed by atoms with van der Waals surface area (Å²) in [6.07, 6.45) is -0.368. The number of thiol groups is 1. The summed E-state index contributed by atoms with van der Waals surface area (Å²) in [5, 5.41) is 0. The van der Waals surface area contributed by atoms with E-state index >= 15 is 0 Å². The van der Waals surface area contributed by atoms with E-state index in [0.717, 1.165) is 0 Å². The fourth-order valence-electron chi connectivity index (χ4n) is 2.21. The van der Waals surface area contributed by atoms with Gasteiger partial charge in [0.15, 0.2) is 0 Å². The second kappa shape index (κ2) is 5.90. The van der Waals surface area contributed by atoms with E-state index in [1.54, 1.807) is 14.2 Å². The standard InChI is InChI=1S/C13H16FNO3S/c1-17-11-6-15(7-12(11)18-2)13(16)9-5-8(19)3-4-10(9)14/h3-5,11-12,19H,6-7H2,1-2H3. The number of likely N-dealkylation sites (tertiary alicyclic amines) is 1. The third kappa shape index (κ3) is 2.91. The van der Waals surface area contributed by atoms with Crippen LogP contribution in [0.15, 0.2) is 23.1 Å². The number of benzene rings is 1. The topological polar surface area (TPSA) is 38.8 Å². The molecule has 4 nitrogen and oxygen atoms in total. The number of amides is 1. The van der Waals surface area contributed by atoms with E-state index in [1.807, 2.05) is 0 Å². The molecule has 1 aromatic carbocycles. The number of halogens is 1. The van der Waals surface area contributed by atoms with Crippen molar-refractivity contribution in [3.05, 3.63) is 29.6 Å². The van der Waals surface area contributed by atoms with Crippen molar-refractivity contribution in [2.75, 3.05) is 27.3 Å². The molecule has 1 fully saturated rings. The van der Waals surface area contributed by atoms with Crippen LogP contribution in [-0.2, 0) is 9.47 Å². The van der Waals surface area contributed by atoms with E-state index in [1.165, 1.54) is 23.1 Å². The van der Waals surface area contributed by atoms with Crippen LogP contribution in [0.5, 0.6) is 0 Å². The smallest absolute Gasteiger partial charge is 0.257 e. The molecule has 1 aromatic rings. The summed E-state index contributed by atoms with van der Waals surface area (Å²) in [6.45, 7) is 0.786. The van der Waals surface area contributed by atoms with E-state index in [9.17, 15) is 9.18 Å². The van der Waals surface area contributed by atoms with E-state index in [-0.39, 0.29) is 23.7 Å². The molecule has 0 bridgehead atoms. The lowest BCUT2D eigenvalue weighted by molar-refractivity contribution is -0.00461. The Bertz CT molecular complexity index is 471. The molecule has 1 aliphatic heterocycles. The number of ether oxygens (including phenoxy) is 2. The maximum Gasteiger partial charge on any atom is 0.257 e. The number of carbonyl (C=O) groups excluding carboxylic acids is 1. The molecule has 1 heterocycles. The van der Waals surface area contributed by atoms with Crippen molar-refractivity contribution in [2.24, 2.45) is 0 Å². The summed E-state index contributed by atoms with van der Waals surface area (Å²) in [6, 6.07) is 4.19. The SMILES string of the molecule is COC1CN(C(=O)c2cc(S)ccc2F)CC1OC. The van der Waals surface area contributed by atoms with Crippen molar-refractivity contribution in [2.45, 2.75) is 17.1 Å². The van der Waals surface area contributed by atoms with Crippen molar-refractivity contribution in [3.8, 4) is 0 Å². The van der Waals surface area contributed by atoms with Crippen molar-refractivity contribution in [1.82, 2.24) is 4.90 Å². The highest BCUT2D eigenvalue weighted by molar-refractivity contribution is 7.80. The van der Waals surface area contributed by atoms with Crippen molar-refractivity contribution in [1.29, 1.82) is 0 Å². The average Bonchev–Trinajstić information content (AvgIpc) is 2.84. The molecule has 6 heteroatoms. The zero-order valence-electron chi connectivity index (χ0n) is 10.8. The maximum atomic E-state index is 13.7. The van der Waals surface area contributed by atoms with E-state index in [0.29, 0.717) is 18.0 Å². The molecule has 1 aliphatic rings. The second-order valence-corrected chi connectivity index (χ2v) is 4.94. The van der Waals surface area contributed by atoms with Crippen molar-refractivity contribution in [3.63, 3.8) is 0 Å². The molecule has 0 aromatic heterocycles. The number of hydrogen-bond acceptors (Lipinski definition) is 4. The molecule has 0 radical (unpaired) electrons. The third-order valence-electron chi connectivity index (χ3n) is 3.29. The second-order valence-electron chi connectivity index (χ2n) is 4.42. The van der Waals surface area contributed by atoms with Gasteiger partial charge in [-0.25, -0.2) is 4.39 Å². The summed E-state index contributed by atoms with van der Waals surface area (Å²) >= 11 is 4.12. The fraction of sp³-hybridized carbons (Fsp3) is 0.462. The number of methoxy groups -OCH3 is 2. The van der Waals surface area contributed by atoms with Gasteiger partial charge in [-0.3, -0.25) is 4.79 Å². The Balaban J connectivity index is 2.19. The van der Waals surface area contributed by atoms with Gasteiger partial charge in [0, 0.05) is 32.2 Å². The summed E-state index contributed by atoms with van der Waals surface area (Å²) in [5.41, 5.74) is 0.0270. The van der Waals surface area contributed by atoms with Gasteiger partial charge in [-0.2, -0.15) is 0 Å². The first-order valence-electron chi connectivity index (χ1n) is 5.90. The minimum atomic E-state index is -0.544. The van der Waals surface area contributed by atoms with Crippen LogP contribution >= 0.6 is 12.6 Å². The average molecular weight is 285 g/mol. The predicted molar refractivity (Wildman–Crippen MR) is 71.1 cm³/mol. The van der Waals surface area contributed by atoms with Gasteiger partial charge in [0.1, 0.15) is 18.0 Å². The molecule has 1 saturated heterocycles. The van der Waals surface area contributed by atoms with Gasteiger partial charge >= 0.3 is 0 Å². The Morgan fingerprint density at radius 2 is 1.89 bits per heavy atom. The minimum absolute atomic E-state index is 0.0270. The molecule has 0 aliphatic carbocycles. The molecule has 0 saturated carbocycles. The molecule has 2 rings (SSSR count). The normalized spacial score (nSPS) is 22.8. The minimum Gasteiger partial charge on any atom is -0.377 e. The summed E-state index contributed by atoms with van der Waals surface area (Å²) < 4.78 is 24.2. The summed E-state index contributed by atoms with van der Waals surface area (Å²) in [4.78, 5) is 14.4. The lowest BCUT2D eigenvalue weighted by atomic mass is 10.2. The van der Waals surface area contributed by atoms with E-state index in [2.05, 4.69) is 12.6 Å². The first kappa shape index (κ1) is 14.3. The largest absolute Gasteiger partial charge is 0.377 e. The zero-order chi connectivity index (χ0) is 14.0. The summed E-state index contributed by atoms with van der Waals surface area (Å²) in [5.74, 6) is -0.910. The van der Waals surface area contributed by atoms with Crippen LogP contribution in [0.2, 0.25) is 0 Å². The van der Waals surface area contributed by atoms with Crippen LogP contribution in [0.3, 0.4) is 0 Å². The number of nitrogens with zero attached hydrogens (tertiary/aromatic N) is 1. The summed E-state index contributed by atoms with van der Waals surface area (Å²) in [7, 11) is 3.14. The monoisotopic (exact) mass is 285 g/mol. The van der Waals surface area contributed by atoms with Gasteiger partial charge in [0.2, 0.25) is 0 Å². The zero-order valence-corrected chi connectivity index (χ0v) is 11.7. The Labute approximate surface area is 116 Å². The molecular formula is C13H16FNO3S. The Hall–Kier alpha value is -1.11. The highest BCUT2D eigenvalue weighted by atomic mass is 32.1. The predicted octanol–water partition coefficient (Wildman–Crippen LogP) is 1.60. The van der Waals surface area contributed by atoms with Crippen molar-refractivity contribution < 1.29 is 18.7 Å². The molecule has 1 amide bonds. The number of hydrogen-bond donors (Lipinski definition) is 1. The van der Waals surface area contributed by atoms with Gasteiger partial charge in [0.25, 0.3) is 5.91 Å². The molecule has 19 heavy (non-hydrogen) atoms. The van der Waals surface area contributed by atoms with Gasteiger partial charge in [-0.05, 0) is 18.2 Å². The Kier molecular flexibility index (Phi) is 4.44. The van der Waals surface area contributed by atoms with Crippen LogP contribution in [0.25, 0.3) is 0 Å². The first-order chi connectivity index (χ1) is 9.06. The molecule has 104 valence electrons. The lowest BCUT2D eigenvalue weighted by Gasteiger charge is -2.16. The number of carbonyl (C=O) groups is 1. The van der Waals surface area contributed by atoms with Gasteiger partial charge in [-0.15, -0.1) is 12.6 Å². The first-order valence-corrected chi connectivity index (χ1v) is 6.35. The number of rotatable bonds is 3.